The van der Waals surface area contributed by atoms with E-state index in [1.54, 1.807) is 6.07 Å². The van der Waals surface area contributed by atoms with Gasteiger partial charge in [0.15, 0.2) is 0 Å². The summed E-state index contributed by atoms with van der Waals surface area (Å²) in [4.78, 5) is 0. The number of halogens is 1. The molecule has 0 saturated heterocycles. The third-order valence-electron chi connectivity index (χ3n) is 2.96. The number of nitrogens with zero attached hydrogens (tertiary/aromatic N) is 3. The molecule has 0 radical (unpaired) electrons. The highest BCUT2D eigenvalue weighted by Crippen LogP contribution is 2.22. The molecule has 86 valence electrons. The first-order valence-corrected chi connectivity index (χ1v) is 6.06. The van der Waals surface area contributed by atoms with Gasteiger partial charge in [0.1, 0.15) is 6.07 Å². The van der Waals surface area contributed by atoms with Crippen molar-refractivity contribution < 1.29 is 0 Å². The maximum atomic E-state index is 9.16. The van der Waals surface area contributed by atoms with Gasteiger partial charge in [-0.25, -0.2) is 4.68 Å². The van der Waals surface area contributed by atoms with Crippen molar-refractivity contribution >= 4 is 15.9 Å². The van der Waals surface area contributed by atoms with Gasteiger partial charge >= 0.3 is 0 Å². The summed E-state index contributed by atoms with van der Waals surface area (Å²) in [5.74, 6) is 0. The quantitative estimate of drug-likeness (QED) is 0.807. The van der Waals surface area contributed by atoms with E-state index in [0.717, 1.165) is 27.1 Å². The van der Waals surface area contributed by atoms with E-state index in [1.165, 1.54) is 0 Å². The van der Waals surface area contributed by atoms with Crippen molar-refractivity contribution in [1.82, 2.24) is 9.78 Å². The number of aromatic nitrogens is 2. The van der Waals surface area contributed by atoms with Gasteiger partial charge in [0.05, 0.1) is 16.9 Å². The Kier molecular flexibility index (Phi) is 3.03. The minimum atomic E-state index is 0.616. The number of aryl methyl sites for hydroxylation is 1. The number of nitriles is 1. The van der Waals surface area contributed by atoms with Crippen molar-refractivity contribution in [2.45, 2.75) is 20.8 Å². The highest BCUT2D eigenvalue weighted by molar-refractivity contribution is 9.10. The fourth-order valence-corrected chi connectivity index (χ4v) is 2.10. The Bertz CT molecular complexity index is 620. The van der Waals surface area contributed by atoms with Gasteiger partial charge in [-0.2, -0.15) is 10.4 Å². The van der Waals surface area contributed by atoms with Crippen LogP contribution < -0.4 is 0 Å². The summed E-state index contributed by atoms with van der Waals surface area (Å²) in [7, 11) is 0. The smallest absolute Gasteiger partial charge is 0.101 e. The number of benzene rings is 1. The van der Waals surface area contributed by atoms with Gasteiger partial charge in [-0.05, 0) is 44.5 Å². The van der Waals surface area contributed by atoms with Crippen LogP contribution in [0.3, 0.4) is 0 Å². The average molecular weight is 290 g/mol. The lowest BCUT2D eigenvalue weighted by atomic mass is 10.2. The Morgan fingerprint density at radius 3 is 2.53 bits per heavy atom. The van der Waals surface area contributed by atoms with Crippen LogP contribution >= 0.6 is 15.9 Å². The minimum absolute atomic E-state index is 0.616. The molecule has 1 aromatic heterocycles. The molecule has 3 nitrogen and oxygen atoms in total. The lowest BCUT2D eigenvalue weighted by molar-refractivity contribution is 0.830. The first kappa shape index (κ1) is 11.9. The topological polar surface area (TPSA) is 41.6 Å². The first-order valence-electron chi connectivity index (χ1n) is 5.27. The third-order valence-corrected chi connectivity index (χ3v) is 3.45. The van der Waals surface area contributed by atoms with E-state index in [9.17, 15) is 0 Å². The molecule has 0 amide bonds. The third kappa shape index (κ3) is 1.98. The van der Waals surface area contributed by atoms with Crippen LogP contribution in [0.1, 0.15) is 22.5 Å². The van der Waals surface area contributed by atoms with Crippen molar-refractivity contribution in [3.8, 4) is 11.8 Å². The van der Waals surface area contributed by atoms with E-state index < -0.39 is 0 Å². The zero-order valence-corrected chi connectivity index (χ0v) is 11.5. The zero-order chi connectivity index (χ0) is 12.6. The fourth-order valence-electron chi connectivity index (χ4n) is 1.74. The highest BCUT2D eigenvalue weighted by atomic mass is 79.9. The standard InChI is InChI=1S/C13H12BrN3/c1-8-9(2)16-17(10(8)3)13-5-4-12(14)6-11(13)7-15/h4-6H,1-3H3. The first-order chi connectivity index (χ1) is 8.04. The molecule has 0 atom stereocenters. The normalized spacial score (nSPS) is 10.3. The minimum Gasteiger partial charge on any atom is -0.236 e. The van der Waals surface area contributed by atoms with Gasteiger partial charge in [0.25, 0.3) is 0 Å². The second-order valence-corrected chi connectivity index (χ2v) is 4.90. The average Bonchev–Trinajstić information content (AvgIpc) is 2.57. The van der Waals surface area contributed by atoms with Gasteiger partial charge in [0.2, 0.25) is 0 Å². The molecule has 1 heterocycles. The summed E-state index contributed by atoms with van der Waals surface area (Å²) in [5, 5.41) is 13.6. The Morgan fingerprint density at radius 2 is 2.00 bits per heavy atom. The summed E-state index contributed by atoms with van der Waals surface area (Å²) >= 11 is 3.37. The molecule has 1 aromatic carbocycles. The lowest BCUT2D eigenvalue weighted by Gasteiger charge is -2.07. The molecule has 0 fully saturated rings. The molecule has 2 rings (SSSR count). The molecule has 4 heteroatoms. The van der Waals surface area contributed by atoms with Crippen LogP contribution in [0.25, 0.3) is 5.69 Å². The van der Waals surface area contributed by atoms with Crippen LogP contribution in [0, 0.1) is 32.1 Å². The van der Waals surface area contributed by atoms with E-state index in [1.807, 2.05) is 37.6 Å². The molecule has 17 heavy (non-hydrogen) atoms. The molecule has 2 aromatic rings. The Morgan fingerprint density at radius 1 is 1.29 bits per heavy atom. The summed E-state index contributed by atoms with van der Waals surface area (Å²) in [6, 6.07) is 7.83. The number of hydrogen-bond donors (Lipinski definition) is 0. The summed E-state index contributed by atoms with van der Waals surface area (Å²) in [6.45, 7) is 6.03. The van der Waals surface area contributed by atoms with Crippen molar-refractivity contribution in [3.63, 3.8) is 0 Å². The molecular formula is C13H12BrN3. The lowest BCUT2D eigenvalue weighted by Crippen LogP contribution is -2.02. The van der Waals surface area contributed by atoms with Crippen molar-refractivity contribution in [3.05, 3.63) is 45.2 Å². The van der Waals surface area contributed by atoms with Gasteiger partial charge in [-0.3, -0.25) is 0 Å². The van der Waals surface area contributed by atoms with Crippen LogP contribution in [-0.2, 0) is 0 Å². The summed E-state index contributed by atoms with van der Waals surface area (Å²) < 4.78 is 2.73. The second-order valence-electron chi connectivity index (χ2n) is 3.98. The van der Waals surface area contributed by atoms with Gasteiger partial charge in [0, 0.05) is 10.2 Å². The molecular weight excluding hydrogens is 278 g/mol. The van der Waals surface area contributed by atoms with Gasteiger partial charge < -0.3 is 0 Å². The summed E-state index contributed by atoms with van der Waals surface area (Å²) in [5.41, 5.74) is 4.67. The molecule has 0 aliphatic heterocycles. The predicted octanol–water partition coefficient (Wildman–Crippen LogP) is 3.43. The monoisotopic (exact) mass is 289 g/mol. The molecule has 0 bridgehead atoms. The van der Waals surface area contributed by atoms with Gasteiger partial charge in [-0.1, -0.05) is 15.9 Å². The SMILES string of the molecule is Cc1nn(-c2ccc(Br)cc2C#N)c(C)c1C. The Labute approximate surface area is 109 Å². The van der Waals surface area contributed by atoms with Crippen molar-refractivity contribution in [1.29, 1.82) is 5.26 Å². The van der Waals surface area contributed by atoms with Crippen LogP contribution in [0.2, 0.25) is 0 Å². The maximum absolute atomic E-state index is 9.16. The summed E-state index contributed by atoms with van der Waals surface area (Å²) in [6.07, 6.45) is 0. The number of rotatable bonds is 1. The molecule has 0 aliphatic rings. The van der Waals surface area contributed by atoms with Crippen LogP contribution in [0.15, 0.2) is 22.7 Å². The number of hydrogen-bond acceptors (Lipinski definition) is 2. The zero-order valence-electron chi connectivity index (χ0n) is 9.95. The second kappa shape index (κ2) is 4.34. The Hall–Kier alpha value is -1.60. The van der Waals surface area contributed by atoms with Crippen molar-refractivity contribution in [2.75, 3.05) is 0 Å². The van der Waals surface area contributed by atoms with E-state index in [2.05, 4.69) is 27.1 Å². The molecule has 0 spiro atoms. The van der Waals surface area contributed by atoms with Crippen LogP contribution in [0.4, 0.5) is 0 Å². The molecule has 0 N–H and O–H groups in total. The van der Waals surface area contributed by atoms with Gasteiger partial charge in [-0.15, -0.1) is 0 Å². The van der Waals surface area contributed by atoms with E-state index in [-0.39, 0.29) is 0 Å². The van der Waals surface area contributed by atoms with E-state index in [4.69, 9.17) is 5.26 Å². The molecule has 0 unspecified atom stereocenters. The Balaban J connectivity index is 2.69. The van der Waals surface area contributed by atoms with E-state index in [0.29, 0.717) is 5.56 Å². The van der Waals surface area contributed by atoms with Crippen molar-refractivity contribution in [2.24, 2.45) is 0 Å². The van der Waals surface area contributed by atoms with E-state index >= 15 is 0 Å². The maximum Gasteiger partial charge on any atom is 0.101 e. The largest absolute Gasteiger partial charge is 0.236 e. The highest BCUT2D eigenvalue weighted by Gasteiger charge is 2.12. The molecule has 0 aliphatic carbocycles. The fraction of sp³-hybridized carbons (Fsp3) is 0.231. The van der Waals surface area contributed by atoms with Crippen LogP contribution in [0.5, 0.6) is 0 Å². The predicted molar refractivity (Wildman–Crippen MR) is 70.2 cm³/mol. The van der Waals surface area contributed by atoms with Crippen LogP contribution in [-0.4, -0.2) is 9.78 Å². The molecule has 0 saturated carbocycles.